The predicted octanol–water partition coefficient (Wildman–Crippen LogP) is 4.11. The van der Waals surface area contributed by atoms with Crippen molar-refractivity contribution in [2.24, 2.45) is 0 Å². The molecule has 0 saturated carbocycles. The van der Waals surface area contributed by atoms with E-state index in [0.717, 1.165) is 28.3 Å². The summed E-state index contributed by atoms with van der Waals surface area (Å²) >= 11 is 6.10. The standard InChI is InChI=1S/C18H19ClF2N2O3S/c1-4-17(18(24)22-12-6-8-15(20)16(21)9-12)23(27(3,25)26)13-7-5-11(2)14(19)10-13/h5-10,17H,4H2,1-3H3,(H,22,24). The van der Waals surface area contributed by atoms with E-state index in [9.17, 15) is 22.0 Å². The van der Waals surface area contributed by atoms with E-state index in [0.29, 0.717) is 5.02 Å². The SMILES string of the molecule is CCC(C(=O)Nc1ccc(F)c(F)c1)N(c1ccc(C)c(Cl)c1)S(C)(=O)=O. The molecule has 0 aliphatic rings. The molecule has 9 heteroatoms. The maximum atomic E-state index is 13.4. The zero-order valence-electron chi connectivity index (χ0n) is 15.0. The maximum Gasteiger partial charge on any atom is 0.248 e. The van der Waals surface area contributed by atoms with Crippen LogP contribution in [0.4, 0.5) is 20.2 Å². The summed E-state index contributed by atoms with van der Waals surface area (Å²) in [6.07, 6.45) is 1.13. The van der Waals surface area contributed by atoms with Gasteiger partial charge < -0.3 is 5.32 Å². The number of hydrogen-bond acceptors (Lipinski definition) is 3. The molecule has 2 aromatic carbocycles. The highest BCUT2D eigenvalue weighted by Crippen LogP contribution is 2.28. The number of carbonyl (C=O) groups is 1. The average Bonchev–Trinajstić information content (AvgIpc) is 2.57. The summed E-state index contributed by atoms with van der Waals surface area (Å²) in [4.78, 5) is 12.7. The fraction of sp³-hybridized carbons (Fsp3) is 0.278. The fourth-order valence-electron chi connectivity index (χ4n) is 2.58. The Morgan fingerprint density at radius 2 is 1.85 bits per heavy atom. The third-order valence-electron chi connectivity index (χ3n) is 3.93. The molecule has 2 rings (SSSR count). The van der Waals surface area contributed by atoms with Crippen molar-refractivity contribution in [2.45, 2.75) is 26.3 Å². The third-order valence-corrected chi connectivity index (χ3v) is 5.51. The van der Waals surface area contributed by atoms with Gasteiger partial charge in [0.15, 0.2) is 11.6 Å². The molecule has 0 aromatic heterocycles. The van der Waals surface area contributed by atoms with Crippen LogP contribution in [0.15, 0.2) is 36.4 Å². The Hall–Kier alpha value is -2.19. The van der Waals surface area contributed by atoms with E-state index in [1.165, 1.54) is 12.1 Å². The molecule has 0 radical (unpaired) electrons. The van der Waals surface area contributed by atoms with E-state index in [1.807, 2.05) is 0 Å². The van der Waals surface area contributed by atoms with Gasteiger partial charge in [-0.15, -0.1) is 0 Å². The molecule has 5 nitrogen and oxygen atoms in total. The first kappa shape index (κ1) is 21.1. The van der Waals surface area contributed by atoms with Crippen LogP contribution in [-0.4, -0.2) is 26.6 Å². The van der Waals surface area contributed by atoms with Gasteiger partial charge >= 0.3 is 0 Å². The summed E-state index contributed by atoms with van der Waals surface area (Å²) in [5.41, 5.74) is 1.02. The van der Waals surface area contributed by atoms with Crippen LogP contribution in [0.1, 0.15) is 18.9 Å². The van der Waals surface area contributed by atoms with E-state index in [2.05, 4.69) is 5.32 Å². The molecular weight excluding hydrogens is 398 g/mol. The molecule has 0 aliphatic heterocycles. The molecule has 0 spiro atoms. The quantitative estimate of drug-likeness (QED) is 0.770. The normalized spacial score (nSPS) is 12.5. The van der Waals surface area contributed by atoms with Crippen molar-refractivity contribution >= 4 is 38.9 Å². The van der Waals surface area contributed by atoms with Gasteiger partial charge in [0.05, 0.1) is 11.9 Å². The molecule has 27 heavy (non-hydrogen) atoms. The molecular formula is C18H19ClF2N2O3S. The molecule has 1 amide bonds. The smallest absolute Gasteiger partial charge is 0.248 e. The third kappa shape index (κ3) is 4.95. The molecule has 1 atom stereocenters. The predicted molar refractivity (Wildman–Crippen MR) is 103 cm³/mol. The summed E-state index contributed by atoms with van der Waals surface area (Å²) in [6.45, 7) is 3.41. The second kappa shape index (κ2) is 8.22. The number of aryl methyl sites for hydroxylation is 1. The van der Waals surface area contributed by atoms with Gasteiger partial charge in [-0.25, -0.2) is 17.2 Å². The number of benzene rings is 2. The van der Waals surface area contributed by atoms with Crippen LogP contribution >= 0.6 is 11.6 Å². The lowest BCUT2D eigenvalue weighted by Gasteiger charge is -2.30. The van der Waals surface area contributed by atoms with Gasteiger partial charge in [-0.05, 0) is 43.2 Å². The zero-order valence-corrected chi connectivity index (χ0v) is 16.5. The first-order valence-corrected chi connectivity index (χ1v) is 10.3. The van der Waals surface area contributed by atoms with Crippen molar-refractivity contribution in [3.8, 4) is 0 Å². The second-order valence-electron chi connectivity index (χ2n) is 6.03. The molecule has 1 N–H and O–H groups in total. The summed E-state index contributed by atoms with van der Waals surface area (Å²) in [6, 6.07) is 6.45. The monoisotopic (exact) mass is 416 g/mol. The van der Waals surface area contributed by atoms with E-state index in [1.54, 1.807) is 26.0 Å². The van der Waals surface area contributed by atoms with Crippen molar-refractivity contribution in [1.29, 1.82) is 0 Å². The lowest BCUT2D eigenvalue weighted by Crippen LogP contribution is -2.47. The van der Waals surface area contributed by atoms with Gasteiger partial charge in [0, 0.05) is 16.8 Å². The Balaban J connectivity index is 2.40. The van der Waals surface area contributed by atoms with Crippen LogP contribution in [-0.2, 0) is 14.8 Å². The molecule has 146 valence electrons. The van der Waals surface area contributed by atoms with Crippen molar-refractivity contribution in [3.63, 3.8) is 0 Å². The number of anilines is 2. The number of amides is 1. The first-order valence-electron chi connectivity index (χ1n) is 8.06. The Morgan fingerprint density at radius 3 is 2.37 bits per heavy atom. The van der Waals surface area contributed by atoms with Crippen LogP contribution in [0.3, 0.4) is 0 Å². The van der Waals surface area contributed by atoms with Gasteiger partial charge in [-0.3, -0.25) is 9.10 Å². The van der Waals surface area contributed by atoms with Crippen LogP contribution in [0.5, 0.6) is 0 Å². The lowest BCUT2D eigenvalue weighted by atomic mass is 10.1. The Bertz CT molecular complexity index is 967. The summed E-state index contributed by atoms with van der Waals surface area (Å²) < 4.78 is 52.1. The Labute approximate surface area is 162 Å². The summed E-state index contributed by atoms with van der Waals surface area (Å²) in [5, 5.41) is 2.78. The van der Waals surface area contributed by atoms with Crippen molar-refractivity contribution in [3.05, 3.63) is 58.6 Å². The first-order chi connectivity index (χ1) is 12.5. The minimum Gasteiger partial charge on any atom is -0.324 e. The minimum absolute atomic E-state index is 0.0211. The van der Waals surface area contributed by atoms with Gasteiger partial charge in [0.1, 0.15) is 6.04 Å². The number of sulfonamides is 1. The molecule has 1 unspecified atom stereocenters. The highest BCUT2D eigenvalue weighted by Gasteiger charge is 2.32. The van der Waals surface area contributed by atoms with Crippen LogP contribution in [0.2, 0.25) is 5.02 Å². The van der Waals surface area contributed by atoms with E-state index in [-0.39, 0.29) is 17.8 Å². The molecule has 0 bridgehead atoms. The molecule has 0 aliphatic carbocycles. The van der Waals surface area contributed by atoms with Crippen molar-refractivity contribution in [1.82, 2.24) is 0 Å². The molecule has 0 heterocycles. The number of hydrogen-bond donors (Lipinski definition) is 1. The number of nitrogens with one attached hydrogen (secondary N) is 1. The van der Waals surface area contributed by atoms with Gasteiger partial charge in [0.2, 0.25) is 15.9 Å². The number of rotatable bonds is 6. The summed E-state index contributed by atoms with van der Waals surface area (Å²) in [7, 11) is -3.83. The van der Waals surface area contributed by atoms with Crippen LogP contribution < -0.4 is 9.62 Å². The minimum atomic E-state index is -3.83. The largest absolute Gasteiger partial charge is 0.324 e. The van der Waals surface area contributed by atoms with Gasteiger partial charge in [-0.2, -0.15) is 0 Å². The maximum absolute atomic E-state index is 13.4. The highest BCUT2D eigenvalue weighted by atomic mass is 35.5. The van der Waals surface area contributed by atoms with E-state index >= 15 is 0 Å². The topological polar surface area (TPSA) is 66.5 Å². The number of nitrogens with zero attached hydrogens (tertiary/aromatic N) is 1. The number of halogens is 3. The van der Waals surface area contributed by atoms with Crippen molar-refractivity contribution < 1.29 is 22.0 Å². The fourth-order valence-corrected chi connectivity index (χ4v) is 3.96. The van der Waals surface area contributed by atoms with Crippen LogP contribution in [0.25, 0.3) is 0 Å². The summed E-state index contributed by atoms with van der Waals surface area (Å²) in [5.74, 6) is -2.84. The van der Waals surface area contributed by atoms with Gasteiger partial charge in [0.25, 0.3) is 0 Å². The Morgan fingerprint density at radius 1 is 1.19 bits per heavy atom. The van der Waals surface area contributed by atoms with E-state index in [4.69, 9.17) is 11.6 Å². The highest BCUT2D eigenvalue weighted by molar-refractivity contribution is 7.92. The molecule has 2 aromatic rings. The molecule has 0 saturated heterocycles. The lowest BCUT2D eigenvalue weighted by molar-refractivity contribution is -0.117. The molecule has 0 fully saturated rings. The Kier molecular flexibility index (Phi) is 6.43. The van der Waals surface area contributed by atoms with Crippen molar-refractivity contribution in [2.75, 3.05) is 15.9 Å². The average molecular weight is 417 g/mol. The number of carbonyl (C=O) groups excluding carboxylic acids is 1. The van der Waals surface area contributed by atoms with E-state index < -0.39 is 33.6 Å². The second-order valence-corrected chi connectivity index (χ2v) is 8.30. The zero-order chi connectivity index (χ0) is 20.4. The van der Waals surface area contributed by atoms with Crippen LogP contribution in [0, 0.1) is 18.6 Å². The van der Waals surface area contributed by atoms with Gasteiger partial charge in [-0.1, -0.05) is 24.6 Å².